The molecule has 2 heterocycles. The van der Waals surface area contributed by atoms with E-state index in [2.05, 4.69) is 22.0 Å². The largest absolute Gasteiger partial charge is 0.324 e. The molecule has 2 aliphatic rings. The minimum Gasteiger partial charge on any atom is -0.324 e. The second-order valence-corrected chi connectivity index (χ2v) is 4.46. The number of hydrogen-bond donors (Lipinski definition) is 1. The Morgan fingerprint density at radius 3 is 3.00 bits per heavy atom. The van der Waals surface area contributed by atoms with Crippen LogP contribution in [0.3, 0.4) is 0 Å². The van der Waals surface area contributed by atoms with Gasteiger partial charge in [-0.1, -0.05) is 6.92 Å². The minimum absolute atomic E-state index is 0.00180. The van der Waals surface area contributed by atoms with Gasteiger partial charge in [0, 0.05) is 19.6 Å². The molecule has 1 N–H and O–H groups in total. The van der Waals surface area contributed by atoms with Gasteiger partial charge < -0.3 is 10.2 Å². The Labute approximate surface area is 91.6 Å². The molecule has 15 heavy (non-hydrogen) atoms. The number of carbonyl (C=O) groups is 1. The topological polar surface area (TPSA) is 35.6 Å². The van der Waals surface area contributed by atoms with Crippen molar-refractivity contribution in [3.05, 3.63) is 0 Å². The molecule has 0 bridgehead atoms. The van der Waals surface area contributed by atoms with Gasteiger partial charge in [-0.3, -0.25) is 9.69 Å². The molecule has 4 heteroatoms. The van der Waals surface area contributed by atoms with Crippen molar-refractivity contribution in [2.24, 2.45) is 0 Å². The van der Waals surface area contributed by atoms with Crippen molar-refractivity contribution >= 4 is 5.91 Å². The Kier molecular flexibility index (Phi) is 3.26. The quantitative estimate of drug-likeness (QED) is 0.711. The van der Waals surface area contributed by atoms with Gasteiger partial charge in [-0.25, -0.2) is 0 Å². The highest BCUT2D eigenvalue weighted by atomic mass is 16.2. The first-order chi connectivity index (χ1) is 7.24. The summed E-state index contributed by atoms with van der Waals surface area (Å²) < 4.78 is 0. The van der Waals surface area contributed by atoms with Crippen molar-refractivity contribution in [2.75, 3.05) is 26.2 Å². The molecule has 4 nitrogen and oxygen atoms in total. The lowest BCUT2D eigenvalue weighted by Gasteiger charge is -2.39. The number of piperazine rings is 1. The Morgan fingerprint density at radius 2 is 2.27 bits per heavy atom. The number of likely N-dealkylation sites (tertiary alicyclic amines) is 1. The van der Waals surface area contributed by atoms with Gasteiger partial charge in [-0.15, -0.1) is 0 Å². The molecule has 2 rings (SSSR count). The first-order valence-corrected chi connectivity index (χ1v) is 6.02. The van der Waals surface area contributed by atoms with Crippen molar-refractivity contribution in [3.8, 4) is 0 Å². The Bertz CT molecular complexity index is 244. The van der Waals surface area contributed by atoms with E-state index in [1.54, 1.807) is 0 Å². The zero-order valence-corrected chi connectivity index (χ0v) is 9.70. The third-order valence-corrected chi connectivity index (χ3v) is 3.55. The van der Waals surface area contributed by atoms with Crippen molar-refractivity contribution < 1.29 is 4.79 Å². The van der Waals surface area contributed by atoms with Gasteiger partial charge in [0.2, 0.25) is 5.91 Å². The highest BCUT2D eigenvalue weighted by molar-refractivity contribution is 5.82. The van der Waals surface area contributed by atoms with Crippen LogP contribution in [0.1, 0.15) is 26.7 Å². The molecule has 0 aromatic carbocycles. The van der Waals surface area contributed by atoms with E-state index in [4.69, 9.17) is 0 Å². The fourth-order valence-corrected chi connectivity index (χ4v) is 2.67. The van der Waals surface area contributed by atoms with Crippen LogP contribution in [0, 0.1) is 0 Å². The molecule has 2 atom stereocenters. The van der Waals surface area contributed by atoms with Crippen LogP contribution in [0.25, 0.3) is 0 Å². The molecule has 0 aliphatic carbocycles. The molecule has 2 aliphatic heterocycles. The summed E-state index contributed by atoms with van der Waals surface area (Å²) in [5, 5.41) is 3.21. The average molecular weight is 211 g/mol. The molecular formula is C11H21N3O. The van der Waals surface area contributed by atoms with E-state index in [0.29, 0.717) is 6.17 Å². The number of nitrogens with zero attached hydrogens (tertiary/aromatic N) is 2. The smallest absolute Gasteiger partial charge is 0.240 e. The van der Waals surface area contributed by atoms with Gasteiger partial charge in [0.25, 0.3) is 0 Å². The van der Waals surface area contributed by atoms with Crippen molar-refractivity contribution in [3.63, 3.8) is 0 Å². The highest BCUT2D eigenvalue weighted by Crippen LogP contribution is 2.21. The summed E-state index contributed by atoms with van der Waals surface area (Å²) in [6, 6.07) is -0.00180. The molecule has 0 aromatic heterocycles. The fraction of sp³-hybridized carbons (Fsp3) is 0.909. The van der Waals surface area contributed by atoms with Gasteiger partial charge in [-0.05, 0) is 26.3 Å². The van der Waals surface area contributed by atoms with E-state index in [1.807, 2.05) is 6.92 Å². The standard InChI is InChI=1S/C11H21N3O/c1-3-13-7-4-5-10(13)14-8-6-12-9(2)11(14)15/h9-10,12H,3-8H2,1-2H3. The highest BCUT2D eigenvalue weighted by Gasteiger charge is 2.35. The monoisotopic (exact) mass is 211 g/mol. The third kappa shape index (κ3) is 2.01. The van der Waals surface area contributed by atoms with Crippen LogP contribution in [-0.2, 0) is 4.79 Å². The lowest BCUT2D eigenvalue weighted by atomic mass is 10.2. The van der Waals surface area contributed by atoms with E-state index in [0.717, 1.165) is 32.6 Å². The average Bonchev–Trinajstić information content (AvgIpc) is 2.70. The van der Waals surface area contributed by atoms with Gasteiger partial charge >= 0.3 is 0 Å². The molecule has 86 valence electrons. The lowest BCUT2D eigenvalue weighted by molar-refractivity contribution is -0.141. The van der Waals surface area contributed by atoms with Crippen molar-refractivity contribution in [2.45, 2.75) is 38.9 Å². The van der Waals surface area contributed by atoms with E-state index in [1.165, 1.54) is 6.42 Å². The zero-order chi connectivity index (χ0) is 10.8. The van der Waals surface area contributed by atoms with E-state index < -0.39 is 0 Å². The van der Waals surface area contributed by atoms with Crippen LogP contribution in [0.2, 0.25) is 0 Å². The first kappa shape index (κ1) is 10.9. The number of hydrogen-bond acceptors (Lipinski definition) is 3. The molecule has 2 saturated heterocycles. The number of carbonyl (C=O) groups excluding carboxylic acids is 1. The summed E-state index contributed by atoms with van der Waals surface area (Å²) in [5.74, 6) is 0.270. The maximum Gasteiger partial charge on any atom is 0.240 e. The maximum absolute atomic E-state index is 12.0. The summed E-state index contributed by atoms with van der Waals surface area (Å²) in [7, 11) is 0. The first-order valence-electron chi connectivity index (χ1n) is 6.02. The summed E-state index contributed by atoms with van der Waals surface area (Å²) in [4.78, 5) is 16.5. The Balaban J connectivity index is 2.05. The normalized spacial score (nSPS) is 33.7. The minimum atomic E-state index is -0.00180. The summed E-state index contributed by atoms with van der Waals surface area (Å²) >= 11 is 0. The summed E-state index contributed by atoms with van der Waals surface area (Å²) in [6.07, 6.45) is 2.74. The van der Waals surface area contributed by atoms with Gasteiger partial charge in [0.15, 0.2) is 0 Å². The number of amides is 1. The van der Waals surface area contributed by atoms with Gasteiger partial charge in [0.1, 0.15) is 0 Å². The molecule has 1 amide bonds. The molecule has 2 fully saturated rings. The van der Waals surface area contributed by atoms with Crippen LogP contribution in [0.15, 0.2) is 0 Å². The number of rotatable bonds is 2. The molecule has 0 radical (unpaired) electrons. The van der Waals surface area contributed by atoms with Crippen LogP contribution >= 0.6 is 0 Å². The lowest BCUT2D eigenvalue weighted by Crippen LogP contribution is -2.59. The van der Waals surface area contributed by atoms with Gasteiger partial charge in [-0.2, -0.15) is 0 Å². The summed E-state index contributed by atoms with van der Waals surface area (Å²) in [5.41, 5.74) is 0. The SMILES string of the molecule is CCN1CCCC1N1CCNC(C)C1=O. The maximum atomic E-state index is 12.0. The molecule has 0 saturated carbocycles. The summed E-state index contributed by atoms with van der Waals surface area (Å²) in [6.45, 7) is 8.13. The van der Waals surface area contributed by atoms with Crippen molar-refractivity contribution in [1.29, 1.82) is 0 Å². The predicted molar refractivity (Wildman–Crippen MR) is 59.4 cm³/mol. The van der Waals surface area contributed by atoms with Crippen LogP contribution in [-0.4, -0.2) is 54.1 Å². The Morgan fingerprint density at radius 1 is 1.47 bits per heavy atom. The molecule has 2 unspecified atom stereocenters. The Hall–Kier alpha value is -0.610. The van der Waals surface area contributed by atoms with E-state index in [-0.39, 0.29) is 11.9 Å². The van der Waals surface area contributed by atoms with Crippen LogP contribution in [0.5, 0.6) is 0 Å². The van der Waals surface area contributed by atoms with E-state index in [9.17, 15) is 4.79 Å². The van der Waals surface area contributed by atoms with Gasteiger partial charge in [0.05, 0.1) is 12.2 Å². The van der Waals surface area contributed by atoms with E-state index >= 15 is 0 Å². The molecular weight excluding hydrogens is 190 g/mol. The van der Waals surface area contributed by atoms with Crippen LogP contribution < -0.4 is 5.32 Å². The van der Waals surface area contributed by atoms with Crippen LogP contribution in [0.4, 0.5) is 0 Å². The zero-order valence-electron chi connectivity index (χ0n) is 9.70. The second-order valence-electron chi connectivity index (χ2n) is 4.46. The van der Waals surface area contributed by atoms with Crippen molar-refractivity contribution in [1.82, 2.24) is 15.1 Å². The second kappa shape index (κ2) is 4.49. The fourth-order valence-electron chi connectivity index (χ4n) is 2.67. The molecule has 0 spiro atoms. The third-order valence-electron chi connectivity index (χ3n) is 3.55. The predicted octanol–water partition coefficient (Wildman–Crippen LogP) is 0.248. The molecule has 0 aromatic rings. The number of nitrogens with one attached hydrogen (secondary N) is 1.